The number of benzene rings is 1. The maximum Gasteiger partial charge on any atom is 0.230 e. The first-order valence-corrected chi connectivity index (χ1v) is 11.2. The minimum Gasteiger partial charge on any atom is -0.379 e. The normalized spacial score (nSPS) is 15.4. The number of ether oxygens (including phenoxy) is 1. The van der Waals surface area contributed by atoms with Crippen LogP contribution >= 0.6 is 23.4 Å². The van der Waals surface area contributed by atoms with Crippen molar-refractivity contribution in [2.45, 2.75) is 38.0 Å². The number of morpholine rings is 1. The highest BCUT2D eigenvalue weighted by atomic mass is 35.5. The second-order valence-corrected chi connectivity index (χ2v) is 8.92. The second kappa shape index (κ2) is 9.93. The lowest BCUT2D eigenvalue weighted by Crippen LogP contribution is -2.55. The first kappa shape index (κ1) is 22.1. The highest BCUT2D eigenvalue weighted by molar-refractivity contribution is 7.99. The van der Waals surface area contributed by atoms with Crippen LogP contribution in [0.25, 0.3) is 11.4 Å². The lowest BCUT2D eigenvalue weighted by molar-refractivity contribution is -0.119. The Morgan fingerprint density at radius 1 is 1.31 bits per heavy atom. The Labute approximate surface area is 181 Å². The molecule has 1 amide bonds. The van der Waals surface area contributed by atoms with E-state index in [1.165, 1.54) is 11.8 Å². The standard InChI is InChI=1S/C20H28ClN5O2S/c1-4-26-18(15-6-5-7-16(21)12-15)23-24-19(26)29-13-17(27)22-14-20(2,3)25-8-10-28-11-9-25/h5-7,12H,4,8-11,13-14H2,1-3H3,(H,22,27). The smallest absolute Gasteiger partial charge is 0.230 e. The summed E-state index contributed by atoms with van der Waals surface area (Å²) in [7, 11) is 0. The zero-order chi connectivity index (χ0) is 20.9. The van der Waals surface area contributed by atoms with Gasteiger partial charge in [-0.25, -0.2) is 0 Å². The van der Waals surface area contributed by atoms with Gasteiger partial charge in [-0.05, 0) is 32.9 Å². The Morgan fingerprint density at radius 2 is 2.07 bits per heavy atom. The lowest BCUT2D eigenvalue weighted by atomic mass is 10.0. The monoisotopic (exact) mass is 437 g/mol. The summed E-state index contributed by atoms with van der Waals surface area (Å²) in [6, 6.07) is 7.54. The van der Waals surface area contributed by atoms with Crippen LogP contribution in [0.2, 0.25) is 5.02 Å². The quantitative estimate of drug-likeness (QED) is 0.640. The molecule has 29 heavy (non-hydrogen) atoms. The van der Waals surface area contributed by atoms with Gasteiger partial charge in [0, 0.05) is 42.3 Å². The summed E-state index contributed by atoms with van der Waals surface area (Å²) in [6.45, 7) is 10.9. The molecule has 0 atom stereocenters. The van der Waals surface area contributed by atoms with E-state index < -0.39 is 0 Å². The molecule has 1 aliphatic heterocycles. The highest BCUT2D eigenvalue weighted by Gasteiger charge is 2.28. The summed E-state index contributed by atoms with van der Waals surface area (Å²) < 4.78 is 7.42. The fourth-order valence-corrected chi connectivity index (χ4v) is 4.32. The average molecular weight is 438 g/mol. The predicted octanol–water partition coefficient (Wildman–Crippen LogP) is 2.94. The van der Waals surface area contributed by atoms with E-state index in [1.807, 2.05) is 35.8 Å². The fraction of sp³-hybridized carbons (Fsp3) is 0.550. The molecule has 2 heterocycles. The first-order valence-electron chi connectivity index (χ1n) is 9.82. The van der Waals surface area contributed by atoms with Crippen LogP contribution in [-0.2, 0) is 16.1 Å². The van der Waals surface area contributed by atoms with Crippen molar-refractivity contribution in [2.75, 3.05) is 38.6 Å². The van der Waals surface area contributed by atoms with Gasteiger partial charge in [0.05, 0.1) is 19.0 Å². The van der Waals surface area contributed by atoms with E-state index in [9.17, 15) is 4.79 Å². The number of thioether (sulfide) groups is 1. The number of hydrogen-bond acceptors (Lipinski definition) is 6. The Hall–Kier alpha value is -1.61. The number of amides is 1. The van der Waals surface area contributed by atoms with Crippen LogP contribution in [0.15, 0.2) is 29.4 Å². The van der Waals surface area contributed by atoms with Crippen molar-refractivity contribution in [2.24, 2.45) is 0 Å². The molecule has 1 N–H and O–H groups in total. The van der Waals surface area contributed by atoms with Crippen molar-refractivity contribution in [3.63, 3.8) is 0 Å². The van der Waals surface area contributed by atoms with Gasteiger partial charge >= 0.3 is 0 Å². The van der Waals surface area contributed by atoms with Crippen molar-refractivity contribution in [1.82, 2.24) is 25.0 Å². The number of hydrogen-bond donors (Lipinski definition) is 1. The fourth-order valence-electron chi connectivity index (χ4n) is 3.30. The first-order chi connectivity index (χ1) is 13.9. The minimum absolute atomic E-state index is 0.00806. The molecule has 0 aliphatic carbocycles. The molecule has 1 saturated heterocycles. The zero-order valence-electron chi connectivity index (χ0n) is 17.2. The van der Waals surface area contributed by atoms with Gasteiger partial charge in [0.15, 0.2) is 11.0 Å². The maximum absolute atomic E-state index is 12.4. The van der Waals surface area contributed by atoms with Gasteiger partial charge in [0.25, 0.3) is 0 Å². The lowest BCUT2D eigenvalue weighted by Gasteiger charge is -2.40. The third kappa shape index (κ3) is 5.72. The number of nitrogens with one attached hydrogen (secondary N) is 1. The minimum atomic E-state index is -0.104. The van der Waals surface area contributed by atoms with Crippen LogP contribution in [0.5, 0.6) is 0 Å². The summed E-state index contributed by atoms with van der Waals surface area (Å²) >= 11 is 7.50. The Balaban J connectivity index is 1.56. The summed E-state index contributed by atoms with van der Waals surface area (Å²) in [6.07, 6.45) is 0. The summed E-state index contributed by atoms with van der Waals surface area (Å²) in [5, 5.41) is 13.0. The van der Waals surface area contributed by atoms with Crippen LogP contribution in [-0.4, -0.2) is 69.7 Å². The SMILES string of the molecule is CCn1c(SCC(=O)NCC(C)(C)N2CCOCC2)nnc1-c1cccc(Cl)c1. The van der Waals surface area contributed by atoms with Gasteiger partial charge in [-0.2, -0.15) is 0 Å². The molecule has 0 radical (unpaired) electrons. The largest absolute Gasteiger partial charge is 0.379 e. The van der Waals surface area contributed by atoms with Gasteiger partial charge in [-0.3, -0.25) is 9.69 Å². The van der Waals surface area contributed by atoms with Crippen molar-refractivity contribution < 1.29 is 9.53 Å². The van der Waals surface area contributed by atoms with E-state index >= 15 is 0 Å². The van der Waals surface area contributed by atoms with Crippen molar-refractivity contribution in [1.29, 1.82) is 0 Å². The van der Waals surface area contributed by atoms with Gasteiger partial charge < -0.3 is 14.6 Å². The number of halogens is 1. The van der Waals surface area contributed by atoms with E-state index in [0.717, 1.165) is 42.8 Å². The summed E-state index contributed by atoms with van der Waals surface area (Å²) in [4.78, 5) is 14.8. The number of carbonyl (C=O) groups is 1. The van der Waals surface area contributed by atoms with Crippen LogP contribution < -0.4 is 5.32 Å². The van der Waals surface area contributed by atoms with E-state index in [-0.39, 0.29) is 11.4 Å². The van der Waals surface area contributed by atoms with E-state index in [4.69, 9.17) is 16.3 Å². The average Bonchev–Trinajstić information content (AvgIpc) is 3.14. The molecule has 1 aliphatic rings. The van der Waals surface area contributed by atoms with Gasteiger partial charge in [-0.1, -0.05) is 35.5 Å². The van der Waals surface area contributed by atoms with Crippen molar-refractivity contribution >= 4 is 29.3 Å². The Kier molecular flexibility index (Phi) is 7.56. The predicted molar refractivity (Wildman–Crippen MR) is 116 cm³/mol. The Bertz CT molecular complexity index is 836. The maximum atomic E-state index is 12.4. The molecular formula is C20H28ClN5O2S. The third-order valence-corrected chi connectivity index (χ3v) is 6.24. The Morgan fingerprint density at radius 3 is 2.76 bits per heavy atom. The van der Waals surface area contributed by atoms with Crippen LogP contribution in [0.1, 0.15) is 20.8 Å². The zero-order valence-corrected chi connectivity index (χ0v) is 18.7. The van der Waals surface area contributed by atoms with Crippen LogP contribution in [0, 0.1) is 0 Å². The van der Waals surface area contributed by atoms with Gasteiger partial charge in [0.1, 0.15) is 0 Å². The molecule has 9 heteroatoms. The van der Waals surface area contributed by atoms with Crippen LogP contribution in [0.3, 0.4) is 0 Å². The molecule has 158 valence electrons. The molecule has 2 aromatic rings. The molecule has 0 bridgehead atoms. The number of rotatable bonds is 8. The topological polar surface area (TPSA) is 72.3 Å². The number of carbonyl (C=O) groups excluding carboxylic acids is 1. The van der Waals surface area contributed by atoms with E-state index in [1.54, 1.807) is 0 Å². The second-order valence-electron chi connectivity index (χ2n) is 7.54. The molecule has 1 aromatic heterocycles. The number of nitrogens with zero attached hydrogens (tertiary/aromatic N) is 4. The molecule has 1 aromatic carbocycles. The van der Waals surface area contributed by atoms with Gasteiger partial charge in [0.2, 0.25) is 5.91 Å². The molecule has 1 fully saturated rings. The van der Waals surface area contributed by atoms with E-state index in [0.29, 0.717) is 23.9 Å². The van der Waals surface area contributed by atoms with E-state index in [2.05, 4.69) is 34.3 Å². The summed E-state index contributed by atoms with van der Waals surface area (Å²) in [5.41, 5.74) is 0.809. The van der Waals surface area contributed by atoms with Gasteiger partial charge in [-0.15, -0.1) is 10.2 Å². The summed E-state index contributed by atoms with van der Waals surface area (Å²) in [5.74, 6) is 1.05. The highest BCUT2D eigenvalue weighted by Crippen LogP contribution is 2.25. The van der Waals surface area contributed by atoms with Crippen molar-refractivity contribution in [3.05, 3.63) is 29.3 Å². The van der Waals surface area contributed by atoms with Crippen LogP contribution in [0.4, 0.5) is 0 Å². The molecule has 0 unspecified atom stereocenters. The number of aromatic nitrogens is 3. The van der Waals surface area contributed by atoms with Crippen molar-refractivity contribution in [3.8, 4) is 11.4 Å². The molecule has 7 nitrogen and oxygen atoms in total. The molecule has 3 rings (SSSR count). The molecular weight excluding hydrogens is 410 g/mol. The molecule has 0 spiro atoms. The molecule has 0 saturated carbocycles. The third-order valence-electron chi connectivity index (χ3n) is 5.03.